The van der Waals surface area contributed by atoms with Gasteiger partial charge in [-0.2, -0.15) is 0 Å². The summed E-state index contributed by atoms with van der Waals surface area (Å²) >= 11 is 7.07. The number of carbonyl (C=O) groups excluding carboxylic acids is 2. The largest absolute Gasteiger partial charge is 0.483 e. The molecule has 1 aliphatic heterocycles. The molecule has 12 heteroatoms. The molecule has 0 radical (unpaired) electrons. The number of ether oxygens (including phenoxy) is 5. The summed E-state index contributed by atoms with van der Waals surface area (Å²) in [6.07, 6.45) is 3.80. The first kappa shape index (κ1) is 36.3. The summed E-state index contributed by atoms with van der Waals surface area (Å²) in [5.41, 5.74) is 0.825. The molecule has 240 valence electrons. The van der Waals surface area contributed by atoms with Gasteiger partial charge in [-0.1, -0.05) is 51.0 Å². The smallest absolute Gasteiger partial charge is 0.426 e. The van der Waals surface area contributed by atoms with Gasteiger partial charge in [0, 0.05) is 58.4 Å². The van der Waals surface area contributed by atoms with Gasteiger partial charge in [0.25, 0.3) is 0 Å². The van der Waals surface area contributed by atoms with Crippen LogP contribution in [0.25, 0.3) is 0 Å². The molecule has 1 N–H and O–H groups in total. The predicted molar refractivity (Wildman–Crippen MR) is 171 cm³/mol. The fourth-order valence-corrected chi connectivity index (χ4v) is 5.02. The number of alkyl halides is 1. The number of nitrogens with one attached hydrogen (secondary N) is 1. The lowest BCUT2D eigenvalue weighted by Gasteiger charge is -2.25. The molecular formula is C31H46ClN3O7S. The van der Waals surface area contributed by atoms with Crippen LogP contribution in [-0.2, 0) is 11.2 Å². The van der Waals surface area contributed by atoms with Crippen LogP contribution < -0.4 is 24.3 Å². The molecule has 10 nitrogen and oxygen atoms in total. The van der Waals surface area contributed by atoms with E-state index in [0.29, 0.717) is 23.0 Å². The number of methoxy groups -OCH3 is 1. The van der Waals surface area contributed by atoms with Gasteiger partial charge < -0.3 is 29.0 Å². The van der Waals surface area contributed by atoms with Crippen molar-refractivity contribution < 1.29 is 33.3 Å². The molecule has 2 amide bonds. The number of benzene rings is 2. The Morgan fingerprint density at radius 3 is 2.23 bits per heavy atom. The molecule has 0 spiro atoms. The molecule has 2 aromatic rings. The number of unbranched alkanes of at least 4 members (excludes halogenated alkanes) is 2. The molecule has 0 aromatic heterocycles. The number of hydrogen-bond donors (Lipinski definition) is 1. The van der Waals surface area contributed by atoms with Crippen molar-refractivity contribution in [3.05, 3.63) is 48.0 Å². The molecule has 1 atom stereocenters. The zero-order valence-corrected chi connectivity index (χ0v) is 27.9. The van der Waals surface area contributed by atoms with Gasteiger partial charge >= 0.3 is 12.2 Å². The highest BCUT2D eigenvalue weighted by molar-refractivity contribution is 7.95. The zero-order valence-electron chi connectivity index (χ0n) is 26.3. The van der Waals surface area contributed by atoms with Gasteiger partial charge in [-0.3, -0.25) is 0 Å². The van der Waals surface area contributed by atoms with Crippen molar-refractivity contribution in [2.75, 3.05) is 40.2 Å². The number of rotatable bonds is 14. The second-order valence-electron chi connectivity index (χ2n) is 10.4. The lowest BCUT2D eigenvalue weighted by atomic mass is 10.0. The number of hydrogen-bond acceptors (Lipinski definition) is 9. The molecule has 0 aliphatic carbocycles. The number of halogens is 1. The van der Waals surface area contributed by atoms with E-state index in [1.807, 2.05) is 26.0 Å². The Balaban J connectivity index is 0.000000329. The van der Waals surface area contributed by atoms with Crippen molar-refractivity contribution in [1.82, 2.24) is 13.9 Å². The summed E-state index contributed by atoms with van der Waals surface area (Å²) < 4.78 is 30.8. The van der Waals surface area contributed by atoms with Crippen molar-refractivity contribution in [3.8, 4) is 23.0 Å². The third-order valence-electron chi connectivity index (χ3n) is 6.17. The van der Waals surface area contributed by atoms with E-state index in [1.165, 1.54) is 26.3 Å². The van der Waals surface area contributed by atoms with Gasteiger partial charge in [-0.25, -0.2) is 18.2 Å². The van der Waals surface area contributed by atoms with Gasteiger partial charge in [-0.05, 0) is 44.9 Å². The minimum atomic E-state index is -0.592. The quantitative estimate of drug-likeness (QED) is 0.130. The standard InChI is InChI=1S/C20H32N2O3S.C11H14ClNO4/c1-6-8-13-22(14-9-7-2)26-21(5)19(23)24-17-12-10-11-16-15-20(3,4)25-18(16)17;1-13-11(14)17-9-6-4-3-5-8(9)16-10(7-12)15-2/h10-12H,6-9,13-15H2,1-5H3;3-6,10H,7H2,1-2H3,(H,13,14). The summed E-state index contributed by atoms with van der Waals surface area (Å²) in [6, 6.07) is 12.5. The third-order valence-corrected chi connectivity index (χ3v) is 7.41. The van der Waals surface area contributed by atoms with Crippen molar-refractivity contribution in [2.24, 2.45) is 0 Å². The van der Waals surface area contributed by atoms with Crippen LogP contribution in [-0.4, -0.2) is 72.9 Å². The minimum Gasteiger partial charge on any atom is -0.483 e. The summed E-state index contributed by atoms with van der Waals surface area (Å²) in [4.78, 5) is 23.7. The van der Waals surface area contributed by atoms with Crippen LogP contribution >= 0.6 is 23.7 Å². The maximum absolute atomic E-state index is 12.6. The molecular weight excluding hydrogens is 594 g/mol. The van der Waals surface area contributed by atoms with Crippen LogP contribution in [0.2, 0.25) is 0 Å². The Morgan fingerprint density at radius 1 is 1.02 bits per heavy atom. The fourth-order valence-electron chi connectivity index (χ4n) is 3.96. The predicted octanol–water partition coefficient (Wildman–Crippen LogP) is 7.29. The molecule has 0 fully saturated rings. The second kappa shape index (κ2) is 18.7. The Labute approximate surface area is 265 Å². The SMILES string of the molecule is CCCCN(CCCC)SN(C)C(=O)Oc1cccc2c1OC(C)(C)C2.CNC(=O)Oc1ccccc1OC(CCl)OC. The average molecular weight is 640 g/mol. The zero-order chi connectivity index (χ0) is 31.8. The molecule has 1 aliphatic rings. The first-order chi connectivity index (χ1) is 20.6. The van der Waals surface area contributed by atoms with Crippen LogP contribution in [0, 0.1) is 0 Å². The highest BCUT2D eigenvalue weighted by atomic mass is 35.5. The third kappa shape index (κ3) is 12.3. The van der Waals surface area contributed by atoms with Gasteiger partial charge in [0.15, 0.2) is 23.0 Å². The van der Waals surface area contributed by atoms with Crippen molar-refractivity contribution in [3.63, 3.8) is 0 Å². The highest BCUT2D eigenvalue weighted by Gasteiger charge is 2.33. The first-order valence-corrected chi connectivity index (χ1v) is 15.8. The van der Waals surface area contributed by atoms with E-state index >= 15 is 0 Å². The molecule has 2 aromatic carbocycles. The van der Waals surface area contributed by atoms with E-state index in [2.05, 4.69) is 23.5 Å². The Kier molecular flexibility index (Phi) is 15.8. The number of nitrogens with zero attached hydrogens (tertiary/aromatic N) is 2. The molecule has 3 rings (SSSR count). The molecule has 0 saturated heterocycles. The van der Waals surface area contributed by atoms with E-state index in [0.717, 1.165) is 50.8 Å². The van der Waals surface area contributed by atoms with Gasteiger partial charge in [0.2, 0.25) is 6.29 Å². The van der Waals surface area contributed by atoms with Gasteiger partial charge in [0.05, 0.1) is 5.88 Å². The summed E-state index contributed by atoms with van der Waals surface area (Å²) in [7, 11) is 4.71. The van der Waals surface area contributed by atoms with E-state index in [4.69, 9.17) is 35.3 Å². The minimum absolute atomic E-state index is 0.171. The van der Waals surface area contributed by atoms with Crippen LogP contribution in [0.1, 0.15) is 58.9 Å². The fraction of sp³-hybridized carbons (Fsp3) is 0.548. The van der Waals surface area contributed by atoms with E-state index in [-0.39, 0.29) is 17.6 Å². The highest BCUT2D eigenvalue weighted by Crippen LogP contribution is 2.42. The number of para-hydroxylation sites is 3. The van der Waals surface area contributed by atoms with Crippen molar-refractivity contribution in [1.29, 1.82) is 0 Å². The van der Waals surface area contributed by atoms with Crippen molar-refractivity contribution >= 4 is 35.9 Å². The van der Waals surface area contributed by atoms with Gasteiger partial charge in [0.1, 0.15) is 5.60 Å². The van der Waals surface area contributed by atoms with E-state index in [9.17, 15) is 9.59 Å². The van der Waals surface area contributed by atoms with E-state index < -0.39 is 12.4 Å². The summed E-state index contributed by atoms with van der Waals surface area (Å²) in [6.45, 7) is 10.4. The average Bonchev–Trinajstić information content (AvgIpc) is 3.32. The lowest BCUT2D eigenvalue weighted by molar-refractivity contribution is -0.0366. The number of carbonyl (C=O) groups is 2. The van der Waals surface area contributed by atoms with Crippen LogP contribution in [0.4, 0.5) is 9.59 Å². The lowest BCUT2D eigenvalue weighted by Crippen LogP contribution is -2.30. The Hall–Kier alpha value is -2.86. The first-order valence-electron chi connectivity index (χ1n) is 14.5. The molecule has 0 saturated carbocycles. The summed E-state index contributed by atoms with van der Waals surface area (Å²) in [5.74, 6) is 2.06. The maximum atomic E-state index is 12.6. The van der Waals surface area contributed by atoms with Crippen LogP contribution in [0.5, 0.6) is 23.0 Å². The molecule has 0 bridgehead atoms. The van der Waals surface area contributed by atoms with Gasteiger partial charge in [-0.15, -0.1) is 11.6 Å². The maximum Gasteiger partial charge on any atom is 0.426 e. The molecule has 1 unspecified atom stereocenters. The Bertz CT molecular complexity index is 1140. The topological polar surface area (TPSA) is 98.8 Å². The summed E-state index contributed by atoms with van der Waals surface area (Å²) in [5, 5.41) is 2.35. The van der Waals surface area contributed by atoms with Crippen LogP contribution in [0.3, 0.4) is 0 Å². The van der Waals surface area contributed by atoms with Crippen molar-refractivity contribution in [2.45, 2.75) is 71.7 Å². The monoisotopic (exact) mass is 639 g/mol. The molecule has 1 heterocycles. The molecule has 43 heavy (non-hydrogen) atoms. The number of fused-ring (bicyclic) bond motifs is 1. The van der Waals surface area contributed by atoms with Crippen LogP contribution in [0.15, 0.2) is 42.5 Å². The van der Waals surface area contributed by atoms with E-state index in [1.54, 1.807) is 41.7 Å². The number of amides is 2. The normalized spacial score (nSPS) is 13.6. The Morgan fingerprint density at radius 2 is 1.65 bits per heavy atom. The second-order valence-corrected chi connectivity index (χ2v) is 11.9.